The summed E-state index contributed by atoms with van der Waals surface area (Å²) in [4.78, 5) is 91.4. The number of nitrogens with two attached hydrogens (primary N) is 2. The van der Waals surface area contributed by atoms with Crippen molar-refractivity contribution in [2.75, 3.05) is 18.1 Å². The smallest absolute Gasteiger partial charge is 0.306 e. The van der Waals surface area contributed by atoms with E-state index in [4.69, 9.17) is 16.2 Å². The molecule has 1 aromatic heterocycles. The molecule has 0 fully saturated rings. The molecule has 4 aromatic rings. The number of aliphatic imine (C=N–C) groups is 1. The zero-order valence-corrected chi connectivity index (χ0v) is 32.6. The highest BCUT2D eigenvalue weighted by Gasteiger charge is 2.39. The predicted molar refractivity (Wildman–Crippen MR) is 217 cm³/mol. The Hall–Kier alpha value is -6.49. The van der Waals surface area contributed by atoms with Crippen LogP contribution in [0.25, 0.3) is 10.2 Å². The number of halogens is 1. The maximum absolute atomic E-state index is 14.2. The molecule has 4 amide bonds. The molecule has 0 spiro atoms. The fourth-order valence-corrected chi connectivity index (χ4v) is 7.48. The van der Waals surface area contributed by atoms with E-state index >= 15 is 0 Å². The van der Waals surface area contributed by atoms with Crippen LogP contribution in [0.1, 0.15) is 53.5 Å². The van der Waals surface area contributed by atoms with Crippen molar-refractivity contribution in [2.24, 2.45) is 16.5 Å². The molecule has 7 N–H and O–H groups in total. The molecule has 0 bridgehead atoms. The number of rotatable bonds is 19. The number of fused-ring (bicyclic) bond motifs is 2. The summed E-state index contributed by atoms with van der Waals surface area (Å²) in [5.41, 5.74) is 13.4. The van der Waals surface area contributed by atoms with E-state index in [0.717, 1.165) is 10.3 Å². The van der Waals surface area contributed by atoms with E-state index in [1.807, 2.05) is 12.1 Å². The van der Waals surface area contributed by atoms with Gasteiger partial charge in [-0.25, -0.2) is 9.37 Å². The van der Waals surface area contributed by atoms with E-state index in [-0.39, 0.29) is 62.1 Å². The molecule has 2 heterocycles. The SMILES string of the molecule is C=CCOC(=O)CC[C@H](NC(=O)[C@@H]1Cc2ccccc2N1C(C)=O)C(=O)N[C@@H](Cc1ccc(F)cc1)C(=O)N[C@H](CCCN=C(N)N)C(=O)c1nc2ccccc2s1. The zero-order chi connectivity index (χ0) is 41.8. The number of hydrogen-bond acceptors (Lipinski definition) is 10. The second kappa shape index (κ2) is 20.1. The van der Waals surface area contributed by atoms with Gasteiger partial charge in [-0.1, -0.05) is 55.1 Å². The van der Waals surface area contributed by atoms with E-state index in [0.29, 0.717) is 23.2 Å². The lowest BCUT2D eigenvalue weighted by Gasteiger charge is -2.27. The van der Waals surface area contributed by atoms with Crippen LogP contribution < -0.4 is 32.3 Å². The number of thiazole rings is 1. The van der Waals surface area contributed by atoms with Gasteiger partial charge in [0.25, 0.3) is 0 Å². The summed E-state index contributed by atoms with van der Waals surface area (Å²) < 4.78 is 19.8. The predicted octanol–water partition coefficient (Wildman–Crippen LogP) is 2.86. The molecule has 3 aromatic carbocycles. The van der Waals surface area contributed by atoms with E-state index in [2.05, 4.69) is 32.5 Å². The van der Waals surface area contributed by atoms with E-state index < -0.39 is 59.5 Å². The summed E-state index contributed by atoms with van der Waals surface area (Å²) in [6, 6.07) is 14.7. The maximum atomic E-state index is 14.2. The fourth-order valence-electron chi connectivity index (χ4n) is 6.52. The maximum Gasteiger partial charge on any atom is 0.306 e. The molecule has 15 nitrogen and oxygen atoms in total. The van der Waals surface area contributed by atoms with Crippen LogP contribution in [0, 0.1) is 5.82 Å². The monoisotopic (exact) mass is 812 g/mol. The van der Waals surface area contributed by atoms with Crippen molar-refractivity contribution >= 4 is 68.6 Å². The molecule has 17 heteroatoms. The second-order valence-corrected chi connectivity index (χ2v) is 14.6. The van der Waals surface area contributed by atoms with E-state index in [1.54, 1.807) is 36.4 Å². The number of benzene rings is 3. The van der Waals surface area contributed by atoms with Crippen LogP contribution in [-0.4, -0.2) is 83.6 Å². The van der Waals surface area contributed by atoms with Gasteiger partial charge in [0.15, 0.2) is 11.0 Å². The quantitative estimate of drug-likeness (QED) is 0.0232. The number of nitrogens with one attached hydrogen (secondary N) is 3. The topological polar surface area (TPSA) is 228 Å². The first kappa shape index (κ1) is 42.6. The van der Waals surface area contributed by atoms with Crippen LogP contribution in [-0.2, 0) is 41.6 Å². The molecule has 0 unspecified atom stereocenters. The number of aromatic nitrogens is 1. The average Bonchev–Trinajstić information content (AvgIpc) is 3.82. The number of nitrogens with zero attached hydrogens (tertiary/aromatic N) is 3. The summed E-state index contributed by atoms with van der Waals surface area (Å²) in [5, 5.41) is 8.32. The van der Waals surface area contributed by atoms with Crippen LogP contribution in [0.2, 0.25) is 0 Å². The molecule has 0 saturated heterocycles. The number of para-hydroxylation sites is 2. The van der Waals surface area contributed by atoms with Crippen LogP contribution in [0.5, 0.6) is 0 Å². The van der Waals surface area contributed by atoms with Gasteiger partial charge >= 0.3 is 5.97 Å². The minimum atomic E-state index is -1.38. The van der Waals surface area contributed by atoms with Gasteiger partial charge in [0.05, 0.1) is 16.3 Å². The number of hydrogen-bond donors (Lipinski definition) is 5. The first-order chi connectivity index (χ1) is 27.8. The normalized spacial score (nSPS) is 14.7. The minimum Gasteiger partial charge on any atom is -0.461 e. The van der Waals surface area contributed by atoms with Crippen LogP contribution in [0.3, 0.4) is 0 Å². The fraction of sp³-hybridized carbons (Fsp3) is 0.317. The number of carbonyl (C=O) groups excluding carboxylic acids is 6. The number of amides is 4. The molecule has 1 aliphatic heterocycles. The van der Waals surface area contributed by atoms with Gasteiger partial charge in [0.2, 0.25) is 29.4 Å². The molecule has 0 radical (unpaired) electrons. The highest BCUT2D eigenvalue weighted by atomic mass is 32.1. The Morgan fingerprint density at radius 2 is 1.64 bits per heavy atom. The van der Waals surface area contributed by atoms with Gasteiger partial charge in [-0.05, 0) is 60.7 Å². The molecule has 58 heavy (non-hydrogen) atoms. The Bertz CT molecular complexity index is 2160. The third-order valence-corrected chi connectivity index (χ3v) is 10.4. The van der Waals surface area contributed by atoms with Gasteiger partial charge in [0, 0.05) is 38.4 Å². The Labute approximate surface area is 338 Å². The molecular formula is C41H45FN8O7S. The van der Waals surface area contributed by atoms with Crippen LogP contribution in [0.4, 0.5) is 10.1 Å². The van der Waals surface area contributed by atoms with Gasteiger partial charge in [-0.2, -0.15) is 0 Å². The lowest BCUT2D eigenvalue weighted by molar-refractivity contribution is -0.143. The van der Waals surface area contributed by atoms with Crippen molar-refractivity contribution < 1.29 is 37.9 Å². The summed E-state index contributed by atoms with van der Waals surface area (Å²) in [6.07, 6.45) is 1.29. The highest BCUT2D eigenvalue weighted by Crippen LogP contribution is 2.32. The molecule has 5 rings (SSSR count). The molecule has 0 saturated carbocycles. The van der Waals surface area contributed by atoms with E-state index in [1.165, 1.54) is 53.5 Å². The van der Waals surface area contributed by atoms with Crippen molar-refractivity contribution in [2.45, 2.75) is 69.6 Å². The average molecular weight is 813 g/mol. The highest BCUT2D eigenvalue weighted by molar-refractivity contribution is 7.20. The van der Waals surface area contributed by atoms with Crippen molar-refractivity contribution in [1.82, 2.24) is 20.9 Å². The van der Waals surface area contributed by atoms with E-state index in [9.17, 15) is 33.2 Å². The summed E-state index contributed by atoms with van der Waals surface area (Å²) in [5.74, 6) is -4.43. The number of guanidine groups is 1. The second-order valence-electron chi connectivity index (χ2n) is 13.6. The minimum absolute atomic E-state index is 0.0707. The van der Waals surface area contributed by atoms with Crippen molar-refractivity contribution in [3.8, 4) is 0 Å². The molecule has 4 atom stereocenters. The third kappa shape index (κ3) is 11.3. The Morgan fingerprint density at radius 1 is 0.948 bits per heavy atom. The standard InChI is InChI=1S/C41H45FN8O7S/c1-3-21-57-35(52)19-18-30(47-39(56)33-23-26-9-4-6-12-32(26)50(33)24(2)51)37(54)48-31(22-25-14-16-27(42)17-15-25)38(55)46-29(11-8-20-45-41(43)44)36(53)40-49-28-10-5-7-13-34(28)58-40/h3-7,9-10,12-17,29-31,33H,1,8,11,18-23H2,2H3,(H,46,55)(H,47,56)(H,48,54)(H4,43,44,45)/t29-,30+,31+,33+/m1/s1. The Kier molecular flexibility index (Phi) is 14.8. The number of ether oxygens (including phenoxy) is 1. The number of anilines is 1. The van der Waals surface area contributed by atoms with Gasteiger partial charge in [-0.3, -0.25) is 38.7 Å². The number of carbonyl (C=O) groups is 6. The first-order valence-corrected chi connectivity index (χ1v) is 19.4. The van der Waals surface area contributed by atoms with Gasteiger partial charge < -0.3 is 32.2 Å². The van der Waals surface area contributed by atoms with Crippen molar-refractivity contribution in [3.63, 3.8) is 0 Å². The zero-order valence-electron chi connectivity index (χ0n) is 31.8. The molecular weight excluding hydrogens is 768 g/mol. The summed E-state index contributed by atoms with van der Waals surface area (Å²) >= 11 is 1.17. The van der Waals surface area contributed by atoms with Crippen LogP contribution >= 0.6 is 11.3 Å². The lowest BCUT2D eigenvalue weighted by atomic mass is 10.0. The molecule has 0 aliphatic carbocycles. The number of Topliss-reactive ketones (excluding diaryl/α,β-unsaturated/α-hetero) is 1. The summed E-state index contributed by atoms with van der Waals surface area (Å²) in [7, 11) is 0. The van der Waals surface area contributed by atoms with Crippen molar-refractivity contribution in [3.05, 3.63) is 107 Å². The largest absolute Gasteiger partial charge is 0.461 e. The Morgan fingerprint density at radius 3 is 2.34 bits per heavy atom. The number of esters is 1. The molecule has 1 aliphatic rings. The first-order valence-electron chi connectivity index (χ1n) is 18.6. The van der Waals surface area contributed by atoms with Crippen LogP contribution in [0.15, 0.2) is 90.4 Å². The molecule has 304 valence electrons. The van der Waals surface area contributed by atoms with Gasteiger partial charge in [-0.15, -0.1) is 11.3 Å². The lowest BCUT2D eigenvalue weighted by Crippen LogP contribution is -2.58. The number of ketones is 1. The summed E-state index contributed by atoms with van der Waals surface area (Å²) in [6.45, 7) is 4.95. The third-order valence-electron chi connectivity index (χ3n) is 9.32. The van der Waals surface area contributed by atoms with Crippen molar-refractivity contribution in [1.29, 1.82) is 0 Å². The van der Waals surface area contributed by atoms with Gasteiger partial charge in [0.1, 0.15) is 30.5 Å². The Balaban J connectivity index is 1.41.